The lowest BCUT2D eigenvalue weighted by Crippen LogP contribution is -2.40. The molecule has 8 heteroatoms. The first-order valence-corrected chi connectivity index (χ1v) is 10.7. The Hall–Kier alpha value is -2.40. The fraction of sp³-hybridized carbons (Fsp3) is 0.381. The number of likely N-dealkylation sites (tertiary alicyclic amines) is 1. The Morgan fingerprint density at radius 3 is 2.90 bits per heavy atom. The van der Waals surface area contributed by atoms with Crippen LogP contribution in [0.25, 0.3) is 16.8 Å². The molecule has 1 aliphatic rings. The van der Waals surface area contributed by atoms with Gasteiger partial charge in [0.15, 0.2) is 0 Å². The van der Waals surface area contributed by atoms with E-state index in [0.717, 1.165) is 30.6 Å². The molecule has 1 aromatic carbocycles. The van der Waals surface area contributed by atoms with Crippen LogP contribution in [-0.2, 0) is 9.53 Å². The van der Waals surface area contributed by atoms with Gasteiger partial charge in [-0.3, -0.25) is 9.69 Å². The van der Waals surface area contributed by atoms with Crippen molar-refractivity contribution in [1.29, 1.82) is 5.26 Å². The third-order valence-corrected chi connectivity index (χ3v) is 5.87. The highest BCUT2D eigenvalue weighted by atomic mass is 35.5. The molecule has 1 fully saturated rings. The van der Waals surface area contributed by atoms with E-state index < -0.39 is 0 Å². The van der Waals surface area contributed by atoms with Crippen molar-refractivity contribution >= 4 is 34.5 Å². The lowest BCUT2D eigenvalue weighted by Gasteiger charge is -2.31. The summed E-state index contributed by atoms with van der Waals surface area (Å²) in [7, 11) is 0. The van der Waals surface area contributed by atoms with Crippen LogP contribution in [0.15, 0.2) is 35.4 Å². The second-order valence-electron chi connectivity index (χ2n) is 6.80. The third kappa shape index (κ3) is 5.36. The summed E-state index contributed by atoms with van der Waals surface area (Å²) >= 11 is 7.23. The maximum Gasteiger partial charge on any atom is 0.310 e. The summed E-state index contributed by atoms with van der Waals surface area (Å²) in [6.07, 6.45) is 1.62. The maximum atomic E-state index is 12.0. The molecule has 0 amide bonds. The largest absolute Gasteiger partial charge is 0.509 e. The smallest absolute Gasteiger partial charge is 0.310 e. The number of hydrogen-bond acceptors (Lipinski definition) is 7. The first-order valence-electron chi connectivity index (χ1n) is 9.44. The van der Waals surface area contributed by atoms with Crippen LogP contribution in [0.4, 0.5) is 0 Å². The second kappa shape index (κ2) is 9.88. The highest BCUT2D eigenvalue weighted by Crippen LogP contribution is 2.28. The van der Waals surface area contributed by atoms with Gasteiger partial charge in [0.05, 0.1) is 24.8 Å². The molecule has 0 aliphatic carbocycles. The highest BCUT2D eigenvalue weighted by Gasteiger charge is 2.28. The molecular formula is C21H22ClN3O3S. The van der Waals surface area contributed by atoms with Crippen LogP contribution < -0.4 is 0 Å². The van der Waals surface area contributed by atoms with Crippen LogP contribution >= 0.6 is 22.9 Å². The van der Waals surface area contributed by atoms with Crippen molar-refractivity contribution in [3.05, 3.63) is 45.4 Å². The van der Waals surface area contributed by atoms with E-state index >= 15 is 0 Å². The molecule has 2 heterocycles. The molecule has 6 nitrogen and oxygen atoms in total. The highest BCUT2D eigenvalue weighted by molar-refractivity contribution is 7.11. The molecule has 1 atom stereocenters. The quantitative estimate of drug-likeness (QED) is 0.410. The predicted octanol–water partition coefficient (Wildman–Crippen LogP) is 4.53. The van der Waals surface area contributed by atoms with Crippen molar-refractivity contribution in [2.45, 2.75) is 19.8 Å². The number of rotatable bonds is 6. The standard InChI is InChI=1S/C21H22ClN3O3S/c1-2-28-21(27)15-4-3-9-25(11-15)12-19(26)17(10-23)20-24-18(13-29-20)14-5-7-16(22)8-6-14/h5-8,13,15,26H,2-4,9,11-12H2,1H3. The van der Waals surface area contributed by atoms with Gasteiger partial charge in [-0.05, 0) is 38.4 Å². The Balaban J connectivity index is 1.74. The number of benzene rings is 1. The van der Waals surface area contributed by atoms with Crippen LogP contribution in [0, 0.1) is 17.2 Å². The van der Waals surface area contributed by atoms with Gasteiger partial charge in [-0.15, -0.1) is 11.3 Å². The van der Waals surface area contributed by atoms with Crippen molar-refractivity contribution in [2.75, 3.05) is 26.2 Å². The molecule has 152 valence electrons. The second-order valence-corrected chi connectivity index (χ2v) is 8.10. The van der Waals surface area contributed by atoms with E-state index in [-0.39, 0.29) is 29.8 Å². The SMILES string of the molecule is CCOC(=O)C1CCCN(CC(O)=C(C#N)c2nc(-c3ccc(Cl)cc3)cs2)C1. The van der Waals surface area contributed by atoms with E-state index in [9.17, 15) is 15.2 Å². The molecule has 0 bridgehead atoms. The van der Waals surface area contributed by atoms with Crippen molar-refractivity contribution in [2.24, 2.45) is 5.92 Å². The number of aliphatic hydroxyl groups is 1. The molecule has 0 radical (unpaired) electrons. The van der Waals surface area contributed by atoms with Gasteiger partial charge >= 0.3 is 5.97 Å². The van der Waals surface area contributed by atoms with Crippen LogP contribution in [0.3, 0.4) is 0 Å². The van der Waals surface area contributed by atoms with E-state index in [2.05, 4.69) is 11.1 Å². The number of hydrogen-bond donors (Lipinski definition) is 1. The molecule has 0 spiro atoms. The predicted molar refractivity (Wildman–Crippen MR) is 114 cm³/mol. The average molecular weight is 432 g/mol. The Kier molecular flexibility index (Phi) is 7.26. The van der Waals surface area contributed by atoms with E-state index in [4.69, 9.17) is 16.3 Å². The number of thiazole rings is 1. The number of allylic oxidation sites excluding steroid dienone is 1. The summed E-state index contributed by atoms with van der Waals surface area (Å²) in [4.78, 5) is 18.5. The minimum absolute atomic E-state index is 0.0333. The third-order valence-electron chi connectivity index (χ3n) is 4.76. The number of halogens is 1. The number of nitrogens with zero attached hydrogens (tertiary/aromatic N) is 3. The summed E-state index contributed by atoms with van der Waals surface area (Å²) in [6, 6.07) is 9.36. The number of nitriles is 1. The van der Waals surface area contributed by atoms with Crippen molar-refractivity contribution in [1.82, 2.24) is 9.88 Å². The average Bonchev–Trinajstić information content (AvgIpc) is 3.19. The van der Waals surface area contributed by atoms with Crippen molar-refractivity contribution < 1.29 is 14.6 Å². The summed E-state index contributed by atoms with van der Waals surface area (Å²) in [5, 5.41) is 23.2. The monoisotopic (exact) mass is 431 g/mol. The van der Waals surface area contributed by atoms with Crippen LogP contribution in [0.2, 0.25) is 5.02 Å². The number of aromatic nitrogens is 1. The topological polar surface area (TPSA) is 86.5 Å². The number of esters is 1. The maximum absolute atomic E-state index is 12.0. The van der Waals surface area contributed by atoms with Gasteiger partial charge in [-0.25, -0.2) is 4.98 Å². The fourth-order valence-corrected chi connectivity index (χ4v) is 4.29. The first kappa shape index (κ1) is 21.3. The van der Waals surface area contributed by atoms with Crippen LogP contribution in [0.5, 0.6) is 0 Å². The van der Waals surface area contributed by atoms with Gasteiger partial charge in [0.1, 0.15) is 22.4 Å². The van der Waals surface area contributed by atoms with Gasteiger partial charge < -0.3 is 9.84 Å². The van der Waals surface area contributed by atoms with Crippen molar-refractivity contribution in [3.63, 3.8) is 0 Å². The molecule has 1 saturated heterocycles. The summed E-state index contributed by atoms with van der Waals surface area (Å²) < 4.78 is 5.12. The number of piperidine rings is 1. The molecule has 0 saturated carbocycles. The van der Waals surface area contributed by atoms with E-state index in [1.54, 1.807) is 19.1 Å². The Morgan fingerprint density at radius 1 is 1.45 bits per heavy atom. The normalized spacial score (nSPS) is 18.0. The van der Waals surface area contributed by atoms with Crippen LogP contribution in [-0.4, -0.2) is 47.2 Å². The summed E-state index contributed by atoms with van der Waals surface area (Å²) in [5.41, 5.74) is 1.78. The molecule has 1 unspecified atom stereocenters. The van der Waals surface area contributed by atoms with E-state index in [1.165, 1.54) is 11.3 Å². The van der Waals surface area contributed by atoms with Crippen molar-refractivity contribution in [3.8, 4) is 17.3 Å². The van der Waals surface area contributed by atoms with E-state index in [0.29, 0.717) is 23.2 Å². The molecular weight excluding hydrogens is 410 g/mol. The van der Waals surface area contributed by atoms with Gasteiger partial charge in [0.2, 0.25) is 0 Å². The fourth-order valence-electron chi connectivity index (χ4n) is 3.32. The molecule has 3 rings (SSSR count). The Labute approximate surface area is 179 Å². The molecule has 29 heavy (non-hydrogen) atoms. The Morgan fingerprint density at radius 2 is 2.21 bits per heavy atom. The molecule has 2 aromatic rings. The zero-order chi connectivity index (χ0) is 20.8. The van der Waals surface area contributed by atoms with Gasteiger partial charge in [-0.2, -0.15) is 5.26 Å². The summed E-state index contributed by atoms with van der Waals surface area (Å²) in [6.45, 7) is 3.62. The van der Waals surface area contributed by atoms with Gasteiger partial charge in [0, 0.05) is 22.5 Å². The molecule has 1 N–H and O–H groups in total. The minimum atomic E-state index is -0.200. The minimum Gasteiger partial charge on any atom is -0.509 e. The van der Waals surface area contributed by atoms with E-state index in [1.807, 2.05) is 22.4 Å². The number of ether oxygens (including phenoxy) is 1. The molecule has 1 aliphatic heterocycles. The summed E-state index contributed by atoms with van der Waals surface area (Å²) in [5.74, 6) is -0.430. The number of carbonyl (C=O) groups excluding carboxylic acids is 1. The van der Waals surface area contributed by atoms with Crippen LogP contribution in [0.1, 0.15) is 24.8 Å². The lowest BCUT2D eigenvalue weighted by atomic mass is 9.98. The number of aliphatic hydroxyl groups excluding tert-OH is 1. The van der Waals surface area contributed by atoms with Gasteiger partial charge in [-0.1, -0.05) is 23.7 Å². The van der Waals surface area contributed by atoms with Gasteiger partial charge in [0.25, 0.3) is 0 Å². The number of carbonyl (C=O) groups is 1. The Bertz CT molecular complexity index is 933. The zero-order valence-electron chi connectivity index (χ0n) is 16.1. The first-order chi connectivity index (χ1) is 14.0. The zero-order valence-corrected chi connectivity index (χ0v) is 17.7. The lowest BCUT2D eigenvalue weighted by molar-refractivity contribution is -0.149. The molecule has 1 aromatic heterocycles.